The van der Waals surface area contributed by atoms with Crippen LogP contribution in [0, 0.1) is 13.8 Å². The van der Waals surface area contributed by atoms with Crippen molar-refractivity contribution in [1.82, 2.24) is 0 Å². The summed E-state index contributed by atoms with van der Waals surface area (Å²) in [4.78, 5) is 0. The van der Waals surface area contributed by atoms with E-state index in [0.29, 0.717) is 14.5 Å². The minimum atomic E-state index is 0.708. The molecule has 1 aromatic rings. The topological polar surface area (TPSA) is 0 Å². The zero-order chi connectivity index (χ0) is 5.28. The normalized spacial score (nSPS) is 9.43. The SMILES string of the molecule is Cc1ccc(C)[se]1. The van der Waals surface area contributed by atoms with E-state index in [9.17, 15) is 0 Å². The molecule has 0 saturated carbocycles. The Bertz CT molecular complexity index is 136. The molecule has 1 heteroatoms. The molecule has 7 heavy (non-hydrogen) atoms. The van der Waals surface area contributed by atoms with Gasteiger partial charge in [0.15, 0.2) is 0 Å². The molecule has 0 aliphatic rings. The third-order valence-corrected chi connectivity index (χ3v) is 2.80. The van der Waals surface area contributed by atoms with Crippen LogP contribution in [0.1, 0.15) is 8.87 Å². The van der Waals surface area contributed by atoms with Crippen molar-refractivity contribution in [2.45, 2.75) is 13.8 Å². The fourth-order valence-electron chi connectivity index (χ4n) is 0.557. The maximum absolute atomic E-state index is 2.20. The van der Waals surface area contributed by atoms with Crippen LogP contribution in [0.3, 0.4) is 0 Å². The first-order valence-electron chi connectivity index (χ1n) is 2.32. The van der Waals surface area contributed by atoms with Gasteiger partial charge in [0.2, 0.25) is 0 Å². The van der Waals surface area contributed by atoms with Gasteiger partial charge in [-0.15, -0.1) is 0 Å². The van der Waals surface area contributed by atoms with Crippen molar-refractivity contribution >= 4 is 14.5 Å². The molecule has 38 valence electrons. The second-order valence-corrected chi connectivity index (χ2v) is 4.79. The molecule has 1 rings (SSSR count). The molecular weight excluding hydrogens is 151 g/mol. The predicted molar refractivity (Wildman–Crippen MR) is 32.9 cm³/mol. The molecule has 0 aliphatic heterocycles. The monoisotopic (exact) mass is 160 g/mol. The van der Waals surface area contributed by atoms with E-state index in [4.69, 9.17) is 0 Å². The van der Waals surface area contributed by atoms with Crippen molar-refractivity contribution in [3.05, 3.63) is 21.0 Å². The first kappa shape index (κ1) is 5.14. The summed E-state index contributed by atoms with van der Waals surface area (Å²) >= 11 is 0.708. The van der Waals surface area contributed by atoms with Gasteiger partial charge in [0, 0.05) is 0 Å². The van der Waals surface area contributed by atoms with Gasteiger partial charge in [-0.05, 0) is 0 Å². The third-order valence-electron chi connectivity index (χ3n) is 0.875. The molecule has 0 radical (unpaired) electrons. The molecule has 0 saturated heterocycles. The molecule has 0 fully saturated rings. The van der Waals surface area contributed by atoms with Gasteiger partial charge in [-0.25, -0.2) is 0 Å². The summed E-state index contributed by atoms with van der Waals surface area (Å²) in [5, 5.41) is 0. The van der Waals surface area contributed by atoms with Crippen LogP contribution in [0.4, 0.5) is 0 Å². The molecule has 1 aromatic heterocycles. The van der Waals surface area contributed by atoms with E-state index in [2.05, 4.69) is 26.0 Å². The summed E-state index contributed by atoms with van der Waals surface area (Å²) in [5.41, 5.74) is 0. The van der Waals surface area contributed by atoms with E-state index >= 15 is 0 Å². The van der Waals surface area contributed by atoms with Crippen LogP contribution in [0.15, 0.2) is 12.1 Å². The van der Waals surface area contributed by atoms with Gasteiger partial charge in [0.1, 0.15) is 0 Å². The van der Waals surface area contributed by atoms with E-state index in [-0.39, 0.29) is 0 Å². The summed E-state index contributed by atoms with van der Waals surface area (Å²) in [7, 11) is 0. The molecule has 0 bridgehead atoms. The second-order valence-electron chi connectivity index (χ2n) is 1.66. The van der Waals surface area contributed by atoms with Crippen LogP contribution in [-0.2, 0) is 0 Å². The van der Waals surface area contributed by atoms with Gasteiger partial charge in [0.25, 0.3) is 0 Å². The zero-order valence-corrected chi connectivity index (χ0v) is 6.28. The molecule has 0 amide bonds. The maximum atomic E-state index is 2.20. The Morgan fingerprint density at radius 3 is 1.71 bits per heavy atom. The van der Waals surface area contributed by atoms with E-state index in [1.165, 1.54) is 0 Å². The van der Waals surface area contributed by atoms with Gasteiger partial charge >= 0.3 is 49.4 Å². The number of rotatable bonds is 0. The van der Waals surface area contributed by atoms with Crippen LogP contribution in [0.5, 0.6) is 0 Å². The Morgan fingerprint density at radius 2 is 1.57 bits per heavy atom. The first-order valence-corrected chi connectivity index (χ1v) is 4.03. The summed E-state index contributed by atoms with van der Waals surface area (Å²) in [5.74, 6) is 0. The van der Waals surface area contributed by atoms with Crippen LogP contribution < -0.4 is 0 Å². The molecule has 0 unspecified atom stereocenters. The molecule has 0 nitrogen and oxygen atoms in total. The van der Waals surface area contributed by atoms with E-state index in [1.807, 2.05) is 0 Å². The number of hydrogen-bond acceptors (Lipinski definition) is 0. The summed E-state index contributed by atoms with van der Waals surface area (Å²) < 4.78 is 3.09. The van der Waals surface area contributed by atoms with Crippen molar-refractivity contribution in [2.24, 2.45) is 0 Å². The molecular formula is C6H8Se. The first-order chi connectivity index (χ1) is 3.29. The Kier molecular flexibility index (Phi) is 1.36. The molecule has 0 spiro atoms. The molecule has 0 aliphatic carbocycles. The van der Waals surface area contributed by atoms with E-state index in [0.717, 1.165) is 0 Å². The Hall–Kier alpha value is -0.000519. The Balaban J connectivity index is 3.04. The van der Waals surface area contributed by atoms with Crippen molar-refractivity contribution in [3.63, 3.8) is 0 Å². The second kappa shape index (κ2) is 1.85. The quantitative estimate of drug-likeness (QED) is 0.501. The fourth-order valence-corrected chi connectivity index (χ4v) is 2.19. The summed E-state index contributed by atoms with van der Waals surface area (Å²) in [6.45, 7) is 4.38. The zero-order valence-electron chi connectivity index (χ0n) is 4.56. The number of hydrogen-bond donors (Lipinski definition) is 0. The average molecular weight is 159 g/mol. The molecule has 0 atom stereocenters. The van der Waals surface area contributed by atoms with Crippen LogP contribution >= 0.6 is 0 Å². The van der Waals surface area contributed by atoms with Gasteiger partial charge in [-0.3, -0.25) is 0 Å². The molecule has 1 heterocycles. The summed E-state index contributed by atoms with van der Waals surface area (Å²) in [6.07, 6.45) is 0. The van der Waals surface area contributed by atoms with Gasteiger partial charge in [0.05, 0.1) is 0 Å². The minimum absolute atomic E-state index is 0.708. The van der Waals surface area contributed by atoms with E-state index < -0.39 is 0 Å². The number of aryl methyl sites for hydroxylation is 2. The van der Waals surface area contributed by atoms with Crippen molar-refractivity contribution < 1.29 is 0 Å². The van der Waals surface area contributed by atoms with Gasteiger partial charge in [-0.1, -0.05) is 0 Å². The van der Waals surface area contributed by atoms with Crippen molar-refractivity contribution in [2.75, 3.05) is 0 Å². The van der Waals surface area contributed by atoms with E-state index in [1.54, 1.807) is 8.87 Å². The Labute approximate surface area is 49.9 Å². The third kappa shape index (κ3) is 1.18. The van der Waals surface area contributed by atoms with Gasteiger partial charge < -0.3 is 0 Å². The average Bonchev–Trinajstić information content (AvgIpc) is 1.87. The summed E-state index contributed by atoms with van der Waals surface area (Å²) in [6, 6.07) is 4.41. The molecule has 0 N–H and O–H groups in total. The van der Waals surface area contributed by atoms with Crippen LogP contribution in [0.25, 0.3) is 0 Å². The predicted octanol–water partition coefficient (Wildman–Crippen LogP) is 1.36. The van der Waals surface area contributed by atoms with Crippen LogP contribution in [-0.4, -0.2) is 14.5 Å². The molecule has 0 aromatic carbocycles. The fraction of sp³-hybridized carbons (Fsp3) is 0.333. The van der Waals surface area contributed by atoms with Crippen LogP contribution in [0.2, 0.25) is 0 Å². The standard InChI is InChI=1S/C6H8Se/c1-5-3-4-6(2)7-5/h3-4H,1-2H3. The van der Waals surface area contributed by atoms with Crippen molar-refractivity contribution in [3.8, 4) is 0 Å². The Morgan fingerprint density at radius 1 is 1.14 bits per heavy atom. The van der Waals surface area contributed by atoms with Crippen molar-refractivity contribution in [1.29, 1.82) is 0 Å². The van der Waals surface area contributed by atoms with Gasteiger partial charge in [-0.2, -0.15) is 0 Å².